The van der Waals surface area contributed by atoms with Gasteiger partial charge >= 0.3 is 0 Å². The minimum Gasteiger partial charge on any atom is -0.358 e. The molecule has 1 aromatic carbocycles. The number of aromatic nitrogens is 2. The molecular weight excluding hydrogens is 324 g/mol. The Morgan fingerprint density at radius 1 is 1.38 bits per heavy atom. The Kier molecular flexibility index (Phi) is 3.65. The minimum atomic E-state index is -0.0630. The van der Waals surface area contributed by atoms with Crippen molar-refractivity contribution >= 4 is 39.9 Å². The highest BCUT2D eigenvalue weighted by Gasteiger charge is 2.25. The highest BCUT2D eigenvalue weighted by atomic mass is 35.5. The number of H-pyrrole nitrogens is 1. The van der Waals surface area contributed by atoms with Crippen LogP contribution in [0.1, 0.15) is 28.8 Å². The maximum absolute atomic E-state index is 12.5. The number of hydrogen-bond acceptors (Lipinski definition) is 3. The van der Waals surface area contributed by atoms with Crippen molar-refractivity contribution in [3.8, 4) is 0 Å². The fourth-order valence-electron chi connectivity index (χ4n) is 2.77. The molecule has 0 aliphatic heterocycles. The fourth-order valence-corrected chi connectivity index (χ4v) is 2.96. The van der Waals surface area contributed by atoms with Crippen molar-refractivity contribution in [1.29, 1.82) is 0 Å². The number of aromatic amines is 1. The zero-order valence-corrected chi connectivity index (χ0v) is 13.9. The number of carbonyl (C=O) groups is 1. The van der Waals surface area contributed by atoms with Gasteiger partial charge in [0.05, 0.1) is 11.1 Å². The average molecular weight is 341 g/mol. The number of nitrogens with zero attached hydrogens (tertiary/aromatic N) is 1. The van der Waals surface area contributed by atoms with Crippen LogP contribution in [-0.2, 0) is 0 Å². The van der Waals surface area contributed by atoms with Crippen molar-refractivity contribution in [3.05, 3.63) is 52.8 Å². The van der Waals surface area contributed by atoms with Gasteiger partial charge < -0.3 is 15.6 Å². The SMILES string of the molecule is Cc1c[nH]c2c(Nc3cccc(Cl)c3)ncc(C(=O)NC3CC3)c12. The molecule has 3 N–H and O–H groups in total. The summed E-state index contributed by atoms with van der Waals surface area (Å²) in [5.74, 6) is 0.607. The predicted octanol–water partition coefficient (Wildman–Crippen LogP) is 4.16. The Labute approximate surface area is 144 Å². The normalized spacial score (nSPS) is 13.9. The second kappa shape index (κ2) is 5.83. The molecule has 1 aliphatic carbocycles. The molecule has 3 aromatic rings. The number of carbonyl (C=O) groups excluding carboxylic acids is 1. The molecule has 1 saturated carbocycles. The van der Waals surface area contributed by atoms with E-state index in [-0.39, 0.29) is 5.91 Å². The van der Waals surface area contributed by atoms with Crippen molar-refractivity contribution in [2.24, 2.45) is 0 Å². The van der Waals surface area contributed by atoms with E-state index >= 15 is 0 Å². The van der Waals surface area contributed by atoms with Crippen LogP contribution in [0.2, 0.25) is 5.02 Å². The Morgan fingerprint density at radius 3 is 2.96 bits per heavy atom. The molecule has 6 heteroatoms. The number of amides is 1. The zero-order valence-electron chi connectivity index (χ0n) is 13.2. The Hall–Kier alpha value is -2.53. The van der Waals surface area contributed by atoms with Gasteiger partial charge in [-0.15, -0.1) is 0 Å². The molecule has 1 fully saturated rings. The van der Waals surface area contributed by atoms with Crippen LogP contribution in [0.4, 0.5) is 11.5 Å². The van der Waals surface area contributed by atoms with Gasteiger partial charge in [0.25, 0.3) is 5.91 Å². The third-order valence-corrected chi connectivity index (χ3v) is 4.39. The molecule has 5 nitrogen and oxygen atoms in total. The van der Waals surface area contributed by atoms with Crippen LogP contribution >= 0.6 is 11.6 Å². The van der Waals surface area contributed by atoms with E-state index in [1.165, 1.54) is 0 Å². The standard InChI is InChI=1S/C18H17ClN4O/c1-10-8-20-16-15(10)14(18(24)23-12-5-6-12)9-21-17(16)22-13-4-2-3-11(19)7-13/h2-4,7-9,12,20H,5-6H2,1H3,(H,21,22)(H,23,24). The van der Waals surface area contributed by atoms with Gasteiger partial charge in [-0.25, -0.2) is 4.98 Å². The van der Waals surface area contributed by atoms with E-state index in [1.54, 1.807) is 6.20 Å². The number of fused-ring (bicyclic) bond motifs is 1. The van der Waals surface area contributed by atoms with Crippen LogP contribution < -0.4 is 10.6 Å². The number of hydrogen-bond donors (Lipinski definition) is 3. The highest BCUT2D eigenvalue weighted by molar-refractivity contribution is 6.30. The van der Waals surface area contributed by atoms with Gasteiger partial charge in [-0.1, -0.05) is 17.7 Å². The van der Waals surface area contributed by atoms with Gasteiger partial charge in [-0.2, -0.15) is 0 Å². The van der Waals surface area contributed by atoms with Crippen LogP contribution in [0, 0.1) is 6.92 Å². The minimum absolute atomic E-state index is 0.0630. The van der Waals surface area contributed by atoms with E-state index in [0.29, 0.717) is 22.4 Å². The molecule has 4 rings (SSSR count). The number of benzene rings is 1. The van der Waals surface area contributed by atoms with Gasteiger partial charge in [-0.3, -0.25) is 4.79 Å². The molecule has 0 radical (unpaired) electrons. The molecule has 122 valence electrons. The maximum atomic E-state index is 12.5. The predicted molar refractivity (Wildman–Crippen MR) is 96.1 cm³/mol. The molecule has 1 amide bonds. The van der Waals surface area contributed by atoms with Crippen molar-refractivity contribution < 1.29 is 4.79 Å². The monoisotopic (exact) mass is 340 g/mol. The smallest absolute Gasteiger partial charge is 0.253 e. The van der Waals surface area contributed by atoms with Gasteiger partial charge in [0.1, 0.15) is 0 Å². The van der Waals surface area contributed by atoms with Crippen LogP contribution in [0.5, 0.6) is 0 Å². The summed E-state index contributed by atoms with van der Waals surface area (Å²) >= 11 is 6.03. The molecule has 24 heavy (non-hydrogen) atoms. The van der Waals surface area contributed by atoms with Crippen molar-refractivity contribution in [2.45, 2.75) is 25.8 Å². The highest BCUT2D eigenvalue weighted by Crippen LogP contribution is 2.30. The summed E-state index contributed by atoms with van der Waals surface area (Å²) in [6.07, 6.45) is 5.64. The number of halogens is 1. The van der Waals surface area contributed by atoms with E-state index < -0.39 is 0 Å². The molecule has 0 bridgehead atoms. The molecule has 0 unspecified atom stereocenters. The first-order chi connectivity index (χ1) is 11.6. The lowest BCUT2D eigenvalue weighted by atomic mass is 10.1. The Bertz CT molecular complexity index is 930. The van der Waals surface area contributed by atoms with Crippen LogP contribution in [0.3, 0.4) is 0 Å². The molecular formula is C18H17ClN4O. The summed E-state index contributed by atoms with van der Waals surface area (Å²) in [5, 5.41) is 7.84. The van der Waals surface area contributed by atoms with Gasteiger partial charge in [0.2, 0.25) is 0 Å². The van der Waals surface area contributed by atoms with E-state index in [0.717, 1.165) is 35.0 Å². The third-order valence-electron chi connectivity index (χ3n) is 4.15. The van der Waals surface area contributed by atoms with Crippen LogP contribution in [-0.4, -0.2) is 21.9 Å². The first-order valence-electron chi connectivity index (χ1n) is 7.92. The average Bonchev–Trinajstić information content (AvgIpc) is 3.28. The summed E-state index contributed by atoms with van der Waals surface area (Å²) in [6, 6.07) is 7.76. The number of nitrogens with one attached hydrogen (secondary N) is 3. The van der Waals surface area contributed by atoms with E-state index in [2.05, 4.69) is 20.6 Å². The summed E-state index contributed by atoms with van der Waals surface area (Å²) in [4.78, 5) is 20.1. The second-order valence-corrected chi connectivity index (χ2v) is 6.56. The summed E-state index contributed by atoms with van der Waals surface area (Å²) in [7, 11) is 0. The summed E-state index contributed by atoms with van der Waals surface area (Å²) < 4.78 is 0. The second-order valence-electron chi connectivity index (χ2n) is 6.13. The van der Waals surface area contributed by atoms with Crippen molar-refractivity contribution in [3.63, 3.8) is 0 Å². The van der Waals surface area contributed by atoms with Crippen LogP contribution in [0.25, 0.3) is 10.9 Å². The number of aryl methyl sites for hydroxylation is 1. The lowest BCUT2D eigenvalue weighted by Gasteiger charge is -2.10. The molecule has 2 heterocycles. The molecule has 0 spiro atoms. The van der Waals surface area contributed by atoms with E-state index in [9.17, 15) is 4.79 Å². The van der Waals surface area contributed by atoms with Crippen molar-refractivity contribution in [1.82, 2.24) is 15.3 Å². The quantitative estimate of drug-likeness (QED) is 0.668. The van der Waals surface area contributed by atoms with E-state index in [4.69, 9.17) is 11.6 Å². The molecule has 1 aliphatic rings. The van der Waals surface area contributed by atoms with E-state index in [1.807, 2.05) is 37.4 Å². The lowest BCUT2D eigenvalue weighted by molar-refractivity contribution is 0.0952. The van der Waals surface area contributed by atoms with Gasteiger partial charge in [0, 0.05) is 34.5 Å². The zero-order chi connectivity index (χ0) is 16.7. The van der Waals surface area contributed by atoms with Gasteiger partial charge in [0.15, 0.2) is 5.82 Å². The van der Waals surface area contributed by atoms with Crippen molar-refractivity contribution in [2.75, 3.05) is 5.32 Å². The number of pyridine rings is 1. The molecule has 0 atom stereocenters. The Balaban J connectivity index is 1.74. The summed E-state index contributed by atoms with van der Waals surface area (Å²) in [5.41, 5.74) is 3.28. The first-order valence-corrected chi connectivity index (χ1v) is 8.30. The molecule has 0 saturated heterocycles. The number of anilines is 2. The van der Waals surface area contributed by atoms with Crippen LogP contribution in [0.15, 0.2) is 36.7 Å². The first kappa shape index (κ1) is 15.0. The Morgan fingerprint density at radius 2 is 2.21 bits per heavy atom. The molecule has 2 aromatic heterocycles. The lowest BCUT2D eigenvalue weighted by Crippen LogP contribution is -2.25. The topological polar surface area (TPSA) is 69.8 Å². The third kappa shape index (κ3) is 2.83. The fraction of sp³-hybridized carbons (Fsp3) is 0.222. The van der Waals surface area contributed by atoms with Gasteiger partial charge in [-0.05, 0) is 43.5 Å². The number of rotatable bonds is 4. The largest absolute Gasteiger partial charge is 0.358 e. The summed E-state index contributed by atoms with van der Waals surface area (Å²) in [6.45, 7) is 1.98. The maximum Gasteiger partial charge on any atom is 0.253 e.